The van der Waals surface area contributed by atoms with E-state index in [-0.39, 0.29) is 5.41 Å². The standard InChI is InChI=1S/C78H54N2/c1-77(2)71-30-16-13-27-64(71)67-44-43-60(50-74(67)77)79(59-41-35-52(36-42-59)68-48-54-19-9-10-24-61(54)62-25-11-12-26-63(62)68)58-39-33-51(34-40-58)53-37-45-75-69(47-53)70-49-56(38-46-76(70)80(75)57-22-7-4-8-23-57)78(55-20-5-3-6-21-55)72-31-17-14-28-65(72)66-29-15-18-32-73(66)78/h3-50H,1-2H3. The van der Waals surface area contributed by atoms with E-state index in [2.05, 4.69) is 315 Å². The highest BCUT2D eigenvalue weighted by Crippen LogP contribution is 2.57. The van der Waals surface area contributed by atoms with Crippen LogP contribution in [0.4, 0.5) is 17.1 Å². The smallest absolute Gasteiger partial charge is 0.0713 e. The summed E-state index contributed by atoms with van der Waals surface area (Å²) in [5.41, 5.74) is 24.1. The number of hydrogen-bond donors (Lipinski definition) is 0. The van der Waals surface area contributed by atoms with E-state index in [1.54, 1.807) is 0 Å². The van der Waals surface area contributed by atoms with Gasteiger partial charge in [-0.1, -0.05) is 226 Å². The topological polar surface area (TPSA) is 8.17 Å². The van der Waals surface area contributed by atoms with Gasteiger partial charge in [0.05, 0.1) is 16.4 Å². The quantitative estimate of drug-likeness (QED) is 0.138. The second-order valence-corrected chi connectivity index (χ2v) is 22.4. The van der Waals surface area contributed by atoms with Crippen molar-refractivity contribution < 1.29 is 0 Å². The number of fused-ring (bicyclic) bond motifs is 12. The molecule has 0 bridgehead atoms. The number of rotatable bonds is 8. The lowest BCUT2D eigenvalue weighted by molar-refractivity contribution is 0.660. The van der Waals surface area contributed by atoms with Gasteiger partial charge in [-0.05, 0) is 178 Å². The molecule has 0 amide bonds. The van der Waals surface area contributed by atoms with Gasteiger partial charge in [0.25, 0.3) is 0 Å². The minimum Gasteiger partial charge on any atom is -0.310 e. The van der Waals surface area contributed by atoms with Crippen molar-refractivity contribution in [3.63, 3.8) is 0 Å². The van der Waals surface area contributed by atoms with E-state index in [4.69, 9.17) is 0 Å². The highest BCUT2D eigenvalue weighted by atomic mass is 15.1. The Balaban J connectivity index is 0.842. The number of para-hydroxylation sites is 1. The molecule has 2 heteroatoms. The molecule has 0 radical (unpaired) electrons. The maximum Gasteiger partial charge on any atom is 0.0713 e. The van der Waals surface area contributed by atoms with E-state index >= 15 is 0 Å². The largest absolute Gasteiger partial charge is 0.310 e. The highest BCUT2D eigenvalue weighted by molar-refractivity contribution is 6.14. The van der Waals surface area contributed by atoms with Crippen LogP contribution in [0.15, 0.2) is 291 Å². The molecule has 2 nitrogen and oxygen atoms in total. The zero-order chi connectivity index (χ0) is 53.1. The van der Waals surface area contributed by atoms with Gasteiger partial charge in [-0.2, -0.15) is 0 Å². The van der Waals surface area contributed by atoms with Crippen LogP contribution in [0.1, 0.15) is 47.2 Å². The molecule has 0 fully saturated rings. The Labute approximate surface area is 466 Å². The number of nitrogens with zero attached hydrogens (tertiary/aromatic N) is 2. The Morgan fingerprint density at radius 1 is 0.287 bits per heavy atom. The molecular weight excluding hydrogens is 965 g/mol. The number of benzene rings is 13. The fraction of sp³-hybridized carbons (Fsp3) is 0.0513. The Bertz CT molecular complexity index is 4730. The summed E-state index contributed by atoms with van der Waals surface area (Å²) in [7, 11) is 0. The average Bonchev–Trinajstić information content (AvgIpc) is 4.19. The first-order valence-corrected chi connectivity index (χ1v) is 28.0. The maximum absolute atomic E-state index is 2.50. The fourth-order valence-corrected chi connectivity index (χ4v) is 14.2. The molecule has 0 N–H and O–H groups in total. The number of anilines is 3. The van der Waals surface area contributed by atoms with Crippen LogP contribution in [-0.2, 0) is 10.8 Å². The Morgan fingerprint density at radius 3 is 1.48 bits per heavy atom. The van der Waals surface area contributed by atoms with Crippen molar-refractivity contribution >= 4 is 60.4 Å². The van der Waals surface area contributed by atoms with E-state index in [9.17, 15) is 0 Å². The lowest BCUT2D eigenvalue weighted by Gasteiger charge is -2.34. The monoisotopic (exact) mass is 1020 g/mol. The van der Waals surface area contributed by atoms with Crippen molar-refractivity contribution in [2.75, 3.05) is 4.90 Å². The van der Waals surface area contributed by atoms with Crippen molar-refractivity contribution in [2.45, 2.75) is 24.7 Å². The molecule has 16 rings (SSSR count). The molecule has 0 saturated heterocycles. The first-order valence-electron chi connectivity index (χ1n) is 28.0. The second-order valence-electron chi connectivity index (χ2n) is 22.4. The van der Waals surface area contributed by atoms with Crippen molar-refractivity contribution in [3.05, 3.63) is 325 Å². The summed E-state index contributed by atoms with van der Waals surface area (Å²) in [6.45, 7) is 4.73. The fourth-order valence-electron chi connectivity index (χ4n) is 14.2. The molecule has 14 aromatic rings. The van der Waals surface area contributed by atoms with Gasteiger partial charge in [-0.25, -0.2) is 0 Å². The van der Waals surface area contributed by atoms with E-state index in [1.165, 1.54) is 116 Å². The van der Waals surface area contributed by atoms with Gasteiger partial charge < -0.3 is 9.47 Å². The molecule has 1 aromatic heterocycles. The molecule has 2 aliphatic carbocycles. The molecule has 2 aliphatic rings. The third-order valence-corrected chi connectivity index (χ3v) is 17.9. The van der Waals surface area contributed by atoms with E-state index in [0.717, 1.165) is 28.3 Å². The SMILES string of the molecule is CC1(C)c2ccccc2-c2ccc(N(c3ccc(-c4ccc5c(c4)c4cc(C6(c7ccccc7)c7ccccc7-c7ccccc76)ccc4n5-c4ccccc4)cc3)c3ccc(-c4cc5ccccc5c5ccccc45)cc3)cc21. The summed E-state index contributed by atoms with van der Waals surface area (Å²) in [5.74, 6) is 0. The molecular formula is C78H54N2. The molecule has 0 aliphatic heterocycles. The molecule has 80 heavy (non-hydrogen) atoms. The molecule has 0 spiro atoms. The van der Waals surface area contributed by atoms with Gasteiger partial charge in [0.1, 0.15) is 0 Å². The van der Waals surface area contributed by atoms with Gasteiger partial charge in [-0.3, -0.25) is 0 Å². The van der Waals surface area contributed by atoms with Gasteiger partial charge >= 0.3 is 0 Å². The second kappa shape index (κ2) is 17.8. The number of aromatic nitrogens is 1. The predicted molar refractivity (Wildman–Crippen MR) is 336 cm³/mol. The van der Waals surface area contributed by atoms with Crippen molar-refractivity contribution in [3.8, 4) is 50.2 Å². The van der Waals surface area contributed by atoms with E-state index < -0.39 is 5.41 Å². The Hall–Kier alpha value is -10.0. The highest BCUT2D eigenvalue weighted by Gasteiger charge is 2.46. The Morgan fingerprint density at radius 2 is 0.787 bits per heavy atom. The summed E-state index contributed by atoms with van der Waals surface area (Å²) in [6, 6.07) is 109. The first-order chi connectivity index (χ1) is 39.4. The summed E-state index contributed by atoms with van der Waals surface area (Å²) in [5, 5.41) is 7.51. The summed E-state index contributed by atoms with van der Waals surface area (Å²) in [4.78, 5) is 2.44. The van der Waals surface area contributed by atoms with Crippen LogP contribution < -0.4 is 4.90 Å². The zero-order valence-electron chi connectivity index (χ0n) is 44.6. The Kier molecular flexibility index (Phi) is 10.2. The lowest BCUT2D eigenvalue weighted by atomic mass is 9.67. The number of hydrogen-bond acceptors (Lipinski definition) is 1. The van der Waals surface area contributed by atoms with Crippen LogP contribution in [0.25, 0.3) is 93.5 Å². The minimum atomic E-state index is -0.507. The van der Waals surface area contributed by atoms with E-state index in [1.807, 2.05) is 0 Å². The van der Waals surface area contributed by atoms with Crippen molar-refractivity contribution in [1.29, 1.82) is 0 Å². The lowest BCUT2D eigenvalue weighted by Crippen LogP contribution is -2.28. The molecule has 0 saturated carbocycles. The molecule has 376 valence electrons. The van der Waals surface area contributed by atoms with Gasteiger partial charge in [-0.15, -0.1) is 0 Å². The normalized spacial score (nSPS) is 13.6. The average molecular weight is 1020 g/mol. The third-order valence-electron chi connectivity index (χ3n) is 17.9. The van der Waals surface area contributed by atoms with Crippen molar-refractivity contribution in [2.24, 2.45) is 0 Å². The van der Waals surface area contributed by atoms with Crippen LogP contribution >= 0.6 is 0 Å². The third kappa shape index (κ3) is 6.79. The summed E-state index contributed by atoms with van der Waals surface area (Å²) in [6.07, 6.45) is 0. The maximum atomic E-state index is 2.50. The van der Waals surface area contributed by atoms with Gasteiger partial charge in [0, 0.05) is 38.9 Å². The van der Waals surface area contributed by atoms with E-state index in [0.29, 0.717) is 0 Å². The zero-order valence-corrected chi connectivity index (χ0v) is 44.6. The van der Waals surface area contributed by atoms with Crippen LogP contribution in [0, 0.1) is 0 Å². The molecule has 1 heterocycles. The van der Waals surface area contributed by atoms with Crippen LogP contribution in [0.5, 0.6) is 0 Å². The summed E-state index contributed by atoms with van der Waals surface area (Å²) >= 11 is 0. The summed E-state index contributed by atoms with van der Waals surface area (Å²) < 4.78 is 2.44. The molecule has 0 unspecified atom stereocenters. The van der Waals surface area contributed by atoms with Gasteiger partial charge in [0.15, 0.2) is 0 Å². The van der Waals surface area contributed by atoms with Crippen LogP contribution in [0.2, 0.25) is 0 Å². The van der Waals surface area contributed by atoms with Crippen LogP contribution in [0.3, 0.4) is 0 Å². The van der Waals surface area contributed by atoms with Crippen molar-refractivity contribution in [1.82, 2.24) is 4.57 Å². The first kappa shape index (κ1) is 46.1. The predicted octanol–water partition coefficient (Wildman–Crippen LogP) is 20.6. The van der Waals surface area contributed by atoms with Gasteiger partial charge in [0.2, 0.25) is 0 Å². The molecule has 13 aromatic carbocycles. The molecule has 0 atom stereocenters. The minimum absolute atomic E-state index is 0.143. The van der Waals surface area contributed by atoms with Crippen LogP contribution in [-0.4, -0.2) is 4.57 Å².